The fourth-order valence-corrected chi connectivity index (χ4v) is 2.21. The van der Waals surface area contributed by atoms with Crippen molar-refractivity contribution in [3.05, 3.63) is 29.7 Å². The number of carboxylic acids is 1. The van der Waals surface area contributed by atoms with Crippen LogP contribution >= 0.6 is 10.7 Å². The normalized spacial score (nSPS) is 11.9. The van der Waals surface area contributed by atoms with Gasteiger partial charge in [-0.25, -0.2) is 17.6 Å². The van der Waals surface area contributed by atoms with Gasteiger partial charge >= 0.3 is 5.97 Å². The van der Waals surface area contributed by atoms with E-state index in [1.807, 2.05) is 0 Å². The Morgan fingerprint density at radius 3 is 2.53 bits per heavy atom. The highest BCUT2D eigenvalue weighted by Crippen LogP contribution is 2.25. The lowest BCUT2D eigenvalue weighted by Gasteiger charge is -1.97. The summed E-state index contributed by atoms with van der Waals surface area (Å²) in [4.78, 5) is 12.6. The van der Waals surface area contributed by atoms with Crippen molar-refractivity contribution in [3.63, 3.8) is 0 Å². The maximum atomic E-state index is 13.5. The molecule has 0 saturated heterocycles. The first-order valence-electron chi connectivity index (χ1n) is 4.29. The zero-order valence-corrected chi connectivity index (χ0v) is 9.64. The van der Waals surface area contributed by atoms with Crippen LogP contribution in [0.3, 0.4) is 0 Å². The third-order valence-electron chi connectivity index (χ3n) is 2.17. The van der Waals surface area contributed by atoms with Gasteiger partial charge in [0.25, 0.3) is 9.05 Å². The second kappa shape index (κ2) is 3.71. The van der Waals surface area contributed by atoms with Gasteiger partial charge < -0.3 is 10.1 Å². The number of hydrogen-bond acceptors (Lipinski definition) is 3. The quantitative estimate of drug-likeness (QED) is 0.821. The molecule has 0 aliphatic carbocycles. The summed E-state index contributed by atoms with van der Waals surface area (Å²) >= 11 is 0. The molecule has 0 aliphatic heterocycles. The number of halogens is 2. The summed E-state index contributed by atoms with van der Waals surface area (Å²) < 4.78 is 35.6. The van der Waals surface area contributed by atoms with Crippen LogP contribution in [0, 0.1) is 5.82 Å². The first-order valence-corrected chi connectivity index (χ1v) is 6.60. The third kappa shape index (κ3) is 2.11. The van der Waals surface area contributed by atoms with Crippen LogP contribution in [0.2, 0.25) is 0 Å². The first kappa shape index (κ1) is 11.9. The highest BCUT2D eigenvalue weighted by molar-refractivity contribution is 8.13. The Morgan fingerprint density at radius 2 is 2.00 bits per heavy atom. The van der Waals surface area contributed by atoms with E-state index in [-0.39, 0.29) is 16.6 Å². The molecular weight excluding hydrogens is 273 g/mol. The number of benzene rings is 1. The molecule has 0 fully saturated rings. The van der Waals surface area contributed by atoms with Gasteiger partial charge in [0, 0.05) is 16.1 Å². The molecule has 0 atom stereocenters. The van der Waals surface area contributed by atoms with Gasteiger partial charge in [0.2, 0.25) is 0 Å². The molecule has 0 spiro atoms. The van der Waals surface area contributed by atoms with Gasteiger partial charge in [0.15, 0.2) is 0 Å². The number of carbonyl (C=O) groups is 1. The molecular formula is C9H5ClFNO4S. The van der Waals surface area contributed by atoms with Crippen molar-refractivity contribution < 1.29 is 22.7 Å². The highest BCUT2D eigenvalue weighted by Gasteiger charge is 2.17. The minimum absolute atomic E-state index is 0.0773. The minimum atomic E-state index is -4.06. The number of rotatable bonds is 2. The Morgan fingerprint density at radius 1 is 1.35 bits per heavy atom. The number of nitrogens with one attached hydrogen (secondary N) is 1. The van der Waals surface area contributed by atoms with Gasteiger partial charge in [-0.05, 0) is 18.2 Å². The predicted octanol–water partition coefficient (Wildman–Crippen LogP) is 1.93. The molecule has 1 heterocycles. The van der Waals surface area contributed by atoms with Crippen LogP contribution < -0.4 is 0 Å². The Bertz CT molecular complexity index is 722. The fourth-order valence-electron chi connectivity index (χ4n) is 1.43. The van der Waals surface area contributed by atoms with E-state index in [9.17, 15) is 17.6 Å². The fraction of sp³-hybridized carbons (Fsp3) is 0. The molecule has 17 heavy (non-hydrogen) atoms. The Kier molecular flexibility index (Phi) is 2.59. The SMILES string of the molecule is O=C(O)c1cc2cc(S(=O)(=O)Cl)cc(F)c2[nH]1. The van der Waals surface area contributed by atoms with Crippen LogP contribution in [0.15, 0.2) is 23.1 Å². The van der Waals surface area contributed by atoms with E-state index in [4.69, 9.17) is 15.8 Å². The molecule has 5 nitrogen and oxygen atoms in total. The lowest BCUT2D eigenvalue weighted by atomic mass is 10.2. The summed E-state index contributed by atoms with van der Waals surface area (Å²) in [6.07, 6.45) is 0. The van der Waals surface area contributed by atoms with Crippen LogP contribution in [0.4, 0.5) is 4.39 Å². The van der Waals surface area contributed by atoms with Gasteiger partial charge in [-0.2, -0.15) is 0 Å². The van der Waals surface area contributed by atoms with Crippen molar-refractivity contribution in [2.75, 3.05) is 0 Å². The molecule has 0 radical (unpaired) electrons. The third-order valence-corrected chi connectivity index (χ3v) is 3.50. The van der Waals surface area contributed by atoms with Gasteiger partial charge in [-0.1, -0.05) is 0 Å². The van der Waals surface area contributed by atoms with Crippen molar-refractivity contribution in [3.8, 4) is 0 Å². The summed E-state index contributed by atoms with van der Waals surface area (Å²) in [5.74, 6) is -2.15. The standard InChI is InChI=1S/C9H5ClFNO4S/c10-17(15,16)5-1-4-2-7(9(13)14)12-8(4)6(11)3-5/h1-3,12H,(H,13,14). The summed E-state index contributed by atoms with van der Waals surface area (Å²) in [6, 6.07) is 2.96. The molecule has 2 N–H and O–H groups in total. The number of aromatic nitrogens is 1. The van der Waals surface area contributed by atoms with Crippen LogP contribution in [0.1, 0.15) is 10.5 Å². The molecule has 2 rings (SSSR count). The van der Waals surface area contributed by atoms with Crippen molar-refractivity contribution in [1.29, 1.82) is 0 Å². The molecule has 1 aromatic carbocycles. The minimum Gasteiger partial charge on any atom is -0.477 e. The summed E-state index contributed by atoms with van der Waals surface area (Å²) in [7, 11) is 1.02. The Labute approximate surface area is 99.2 Å². The lowest BCUT2D eigenvalue weighted by Crippen LogP contribution is -1.95. The van der Waals surface area contributed by atoms with Crippen molar-refractivity contribution >= 4 is 36.6 Å². The highest BCUT2D eigenvalue weighted by atomic mass is 35.7. The first-order chi connectivity index (χ1) is 7.79. The van der Waals surface area contributed by atoms with Gasteiger partial charge in [0.1, 0.15) is 11.5 Å². The van der Waals surface area contributed by atoms with E-state index in [2.05, 4.69) is 4.98 Å². The summed E-state index contributed by atoms with van der Waals surface area (Å²) in [6.45, 7) is 0. The lowest BCUT2D eigenvalue weighted by molar-refractivity contribution is 0.0691. The largest absolute Gasteiger partial charge is 0.477 e. The van der Waals surface area contributed by atoms with E-state index in [1.54, 1.807) is 0 Å². The maximum Gasteiger partial charge on any atom is 0.352 e. The Hall–Kier alpha value is -1.60. The van der Waals surface area contributed by atoms with Crippen LogP contribution in [0.25, 0.3) is 10.9 Å². The van der Waals surface area contributed by atoms with E-state index in [0.29, 0.717) is 0 Å². The number of hydrogen-bond donors (Lipinski definition) is 2. The molecule has 8 heteroatoms. The molecule has 90 valence electrons. The van der Waals surface area contributed by atoms with E-state index in [1.165, 1.54) is 0 Å². The van der Waals surface area contributed by atoms with Crippen LogP contribution in [-0.2, 0) is 9.05 Å². The molecule has 1 aromatic heterocycles. The van der Waals surface area contributed by atoms with Crippen molar-refractivity contribution in [2.24, 2.45) is 0 Å². The second-order valence-corrected chi connectivity index (χ2v) is 5.86. The number of aromatic amines is 1. The molecule has 0 amide bonds. The van der Waals surface area contributed by atoms with E-state index >= 15 is 0 Å². The van der Waals surface area contributed by atoms with Gasteiger partial charge in [0.05, 0.1) is 10.4 Å². The number of fused-ring (bicyclic) bond motifs is 1. The maximum absolute atomic E-state index is 13.5. The molecule has 0 bridgehead atoms. The smallest absolute Gasteiger partial charge is 0.352 e. The van der Waals surface area contributed by atoms with Crippen LogP contribution in [-0.4, -0.2) is 24.5 Å². The summed E-state index contributed by atoms with van der Waals surface area (Å²) in [5.41, 5.74) is -0.311. The second-order valence-electron chi connectivity index (χ2n) is 3.30. The zero-order chi connectivity index (χ0) is 12.8. The van der Waals surface area contributed by atoms with Gasteiger partial charge in [-0.15, -0.1) is 0 Å². The molecule has 0 saturated carbocycles. The van der Waals surface area contributed by atoms with Gasteiger partial charge in [-0.3, -0.25) is 0 Å². The average Bonchev–Trinajstić information content (AvgIpc) is 2.60. The summed E-state index contributed by atoms with van der Waals surface area (Å²) in [5, 5.41) is 8.83. The zero-order valence-electron chi connectivity index (χ0n) is 8.07. The monoisotopic (exact) mass is 277 g/mol. The molecule has 0 unspecified atom stereocenters. The number of carboxylic acid groups (broad SMARTS) is 1. The Balaban J connectivity index is 2.78. The number of H-pyrrole nitrogens is 1. The molecule has 0 aliphatic rings. The predicted molar refractivity (Wildman–Crippen MR) is 58.3 cm³/mol. The number of aromatic carboxylic acids is 1. The average molecular weight is 278 g/mol. The van der Waals surface area contributed by atoms with Crippen LogP contribution in [0.5, 0.6) is 0 Å². The van der Waals surface area contributed by atoms with Crippen molar-refractivity contribution in [2.45, 2.75) is 4.90 Å². The van der Waals surface area contributed by atoms with E-state index < -0.39 is 25.7 Å². The van der Waals surface area contributed by atoms with E-state index in [0.717, 1.165) is 18.2 Å². The topological polar surface area (TPSA) is 87.2 Å². The van der Waals surface area contributed by atoms with Crippen molar-refractivity contribution in [1.82, 2.24) is 4.98 Å². The molecule has 2 aromatic rings.